The fourth-order valence-electron chi connectivity index (χ4n) is 2.19. The first-order valence-electron chi connectivity index (χ1n) is 6.09. The zero-order valence-electron chi connectivity index (χ0n) is 10.9. The van der Waals surface area contributed by atoms with Crippen molar-refractivity contribution in [2.45, 2.75) is 0 Å². The molecule has 0 bridgehead atoms. The van der Waals surface area contributed by atoms with Gasteiger partial charge >= 0.3 is 0 Å². The minimum absolute atomic E-state index is 0.368. The predicted octanol–water partition coefficient (Wildman–Crippen LogP) is 2.13. The van der Waals surface area contributed by atoms with Crippen molar-refractivity contribution in [3.8, 4) is 0 Å². The van der Waals surface area contributed by atoms with Crippen LogP contribution in [0.15, 0.2) is 48.9 Å². The highest BCUT2D eigenvalue weighted by atomic mass is 32.1. The van der Waals surface area contributed by atoms with Crippen molar-refractivity contribution in [1.82, 2.24) is 14.6 Å². The van der Waals surface area contributed by atoms with Crippen LogP contribution in [0.25, 0.3) is 5.52 Å². The average Bonchev–Trinajstić information content (AvgIpc) is 2.94. The van der Waals surface area contributed by atoms with Gasteiger partial charge < -0.3 is 10.6 Å². The molecule has 3 rings (SSSR count). The number of nitrogens with two attached hydrogens (primary N) is 1. The number of hydrogen-bond acceptors (Lipinski definition) is 4. The molecule has 0 saturated carbocycles. The summed E-state index contributed by atoms with van der Waals surface area (Å²) in [6, 6.07) is 9.66. The van der Waals surface area contributed by atoms with Crippen LogP contribution in [0.5, 0.6) is 0 Å². The van der Waals surface area contributed by atoms with Crippen molar-refractivity contribution in [3.05, 3.63) is 54.5 Å². The molecule has 0 fully saturated rings. The summed E-state index contributed by atoms with van der Waals surface area (Å²) in [5, 5.41) is 4.21. The first-order chi connectivity index (χ1) is 9.68. The standard InChI is InChI=1S/C14H13N5S/c1-18(11-5-3-2-4-10(11)13(15)20)14-12-6-7-17-19(12)9-8-16-14/h2-9H,1H3,(H2,15,20). The van der Waals surface area contributed by atoms with E-state index in [1.54, 1.807) is 16.9 Å². The summed E-state index contributed by atoms with van der Waals surface area (Å²) in [4.78, 5) is 6.77. The van der Waals surface area contributed by atoms with Gasteiger partial charge in [-0.3, -0.25) is 0 Å². The molecule has 0 aliphatic heterocycles. The third kappa shape index (κ3) is 2.00. The molecular formula is C14H13N5S. The molecule has 100 valence electrons. The minimum atomic E-state index is 0.368. The normalized spacial score (nSPS) is 10.7. The fourth-order valence-corrected chi connectivity index (χ4v) is 2.36. The number of fused-ring (bicyclic) bond motifs is 1. The SMILES string of the molecule is CN(c1ccccc1C(N)=S)c1nccn2nccc12. The summed E-state index contributed by atoms with van der Waals surface area (Å²) in [5.41, 5.74) is 8.46. The molecule has 6 heteroatoms. The van der Waals surface area contributed by atoms with Gasteiger partial charge in [0, 0.05) is 25.0 Å². The largest absolute Gasteiger partial charge is 0.389 e. The molecule has 2 N–H and O–H groups in total. The van der Waals surface area contributed by atoms with E-state index in [1.165, 1.54) is 0 Å². The van der Waals surface area contributed by atoms with Gasteiger partial charge in [-0.1, -0.05) is 24.4 Å². The quantitative estimate of drug-likeness (QED) is 0.746. The molecule has 0 amide bonds. The van der Waals surface area contributed by atoms with Crippen LogP contribution in [-0.2, 0) is 0 Å². The average molecular weight is 283 g/mol. The number of benzene rings is 1. The highest BCUT2D eigenvalue weighted by Crippen LogP contribution is 2.28. The van der Waals surface area contributed by atoms with Crippen molar-refractivity contribution in [3.63, 3.8) is 0 Å². The van der Waals surface area contributed by atoms with Crippen LogP contribution < -0.4 is 10.6 Å². The second-order valence-electron chi connectivity index (χ2n) is 4.35. The number of nitrogens with zero attached hydrogens (tertiary/aromatic N) is 4. The van der Waals surface area contributed by atoms with E-state index in [0.717, 1.165) is 22.6 Å². The summed E-state index contributed by atoms with van der Waals surface area (Å²) in [6.07, 6.45) is 5.27. The molecule has 3 aromatic rings. The Morgan fingerprint density at radius 3 is 2.85 bits per heavy atom. The molecule has 20 heavy (non-hydrogen) atoms. The molecule has 0 saturated heterocycles. The van der Waals surface area contributed by atoms with Crippen molar-refractivity contribution in [1.29, 1.82) is 0 Å². The van der Waals surface area contributed by atoms with Gasteiger partial charge in [-0.2, -0.15) is 5.10 Å². The molecule has 0 spiro atoms. The number of hydrogen-bond donors (Lipinski definition) is 1. The van der Waals surface area contributed by atoms with Gasteiger partial charge in [0.25, 0.3) is 0 Å². The Hall–Kier alpha value is -2.47. The summed E-state index contributed by atoms with van der Waals surface area (Å²) in [7, 11) is 1.94. The predicted molar refractivity (Wildman–Crippen MR) is 83.4 cm³/mol. The Morgan fingerprint density at radius 1 is 1.25 bits per heavy atom. The zero-order valence-corrected chi connectivity index (χ0v) is 11.7. The maximum absolute atomic E-state index is 5.79. The number of para-hydroxylation sites is 1. The number of aromatic nitrogens is 3. The first-order valence-corrected chi connectivity index (χ1v) is 6.50. The van der Waals surface area contributed by atoms with E-state index in [4.69, 9.17) is 18.0 Å². The fraction of sp³-hybridized carbons (Fsp3) is 0.0714. The molecule has 0 aliphatic carbocycles. The minimum Gasteiger partial charge on any atom is -0.389 e. The van der Waals surface area contributed by atoms with E-state index in [1.807, 2.05) is 48.5 Å². The number of rotatable bonds is 3. The second kappa shape index (κ2) is 4.90. The van der Waals surface area contributed by atoms with Crippen LogP contribution in [0, 0.1) is 0 Å². The smallest absolute Gasteiger partial charge is 0.158 e. The number of thiocarbonyl (C=S) groups is 1. The topological polar surface area (TPSA) is 59.5 Å². The lowest BCUT2D eigenvalue weighted by Crippen LogP contribution is -2.19. The van der Waals surface area contributed by atoms with Crippen LogP contribution in [0.4, 0.5) is 11.5 Å². The van der Waals surface area contributed by atoms with E-state index in [9.17, 15) is 0 Å². The lowest BCUT2D eigenvalue weighted by atomic mass is 10.1. The van der Waals surface area contributed by atoms with Crippen LogP contribution >= 0.6 is 12.2 Å². The van der Waals surface area contributed by atoms with E-state index in [2.05, 4.69) is 10.1 Å². The molecule has 0 unspecified atom stereocenters. The third-order valence-electron chi connectivity index (χ3n) is 3.15. The van der Waals surface area contributed by atoms with Crippen LogP contribution in [0.1, 0.15) is 5.56 Å². The van der Waals surface area contributed by atoms with E-state index >= 15 is 0 Å². The summed E-state index contributed by atoms with van der Waals surface area (Å²) in [5.74, 6) is 0.800. The molecule has 1 aromatic carbocycles. The van der Waals surface area contributed by atoms with E-state index in [0.29, 0.717) is 4.99 Å². The molecule has 0 atom stereocenters. The van der Waals surface area contributed by atoms with Crippen LogP contribution in [0.3, 0.4) is 0 Å². The molecule has 2 aromatic heterocycles. The van der Waals surface area contributed by atoms with Gasteiger partial charge in [0.05, 0.1) is 11.9 Å². The first kappa shape index (κ1) is 12.6. The highest BCUT2D eigenvalue weighted by Gasteiger charge is 2.14. The lowest BCUT2D eigenvalue weighted by molar-refractivity contribution is 0.938. The van der Waals surface area contributed by atoms with Crippen LogP contribution in [0.2, 0.25) is 0 Å². The molecule has 0 aliphatic rings. The van der Waals surface area contributed by atoms with Gasteiger partial charge in [-0.05, 0) is 18.2 Å². The van der Waals surface area contributed by atoms with Gasteiger partial charge in [-0.15, -0.1) is 0 Å². The van der Waals surface area contributed by atoms with Crippen LogP contribution in [-0.4, -0.2) is 26.6 Å². The lowest BCUT2D eigenvalue weighted by Gasteiger charge is -2.21. The molecular weight excluding hydrogens is 270 g/mol. The summed E-state index contributed by atoms with van der Waals surface area (Å²) >= 11 is 5.11. The maximum atomic E-state index is 5.79. The van der Waals surface area contributed by atoms with Gasteiger partial charge in [0.15, 0.2) is 5.82 Å². The Labute approximate surface area is 121 Å². The number of anilines is 2. The Kier molecular flexibility index (Phi) is 3.08. The van der Waals surface area contributed by atoms with Crippen molar-refractivity contribution >= 4 is 34.2 Å². The van der Waals surface area contributed by atoms with Crippen molar-refractivity contribution in [2.24, 2.45) is 5.73 Å². The molecule has 5 nitrogen and oxygen atoms in total. The Balaban J connectivity index is 2.16. The van der Waals surface area contributed by atoms with E-state index in [-0.39, 0.29) is 0 Å². The molecule has 2 heterocycles. The highest BCUT2D eigenvalue weighted by molar-refractivity contribution is 7.80. The Morgan fingerprint density at radius 2 is 2.05 bits per heavy atom. The summed E-state index contributed by atoms with van der Waals surface area (Å²) < 4.78 is 1.78. The second-order valence-corrected chi connectivity index (χ2v) is 4.79. The van der Waals surface area contributed by atoms with E-state index < -0.39 is 0 Å². The summed E-state index contributed by atoms with van der Waals surface area (Å²) in [6.45, 7) is 0. The van der Waals surface area contributed by atoms with Gasteiger partial charge in [-0.25, -0.2) is 9.50 Å². The van der Waals surface area contributed by atoms with Crippen molar-refractivity contribution in [2.75, 3.05) is 11.9 Å². The van der Waals surface area contributed by atoms with Crippen molar-refractivity contribution < 1.29 is 0 Å². The maximum Gasteiger partial charge on any atom is 0.158 e. The third-order valence-corrected chi connectivity index (χ3v) is 3.37. The van der Waals surface area contributed by atoms with Gasteiger partial charge in [0.2, 0.25) is 0 Å². The monoisotopic (exact) mass is 283 g/mol. The van der Waals surface area contributed by atoms with Gasteiger partial charge in [0.1, 0.15) is 10.5 Å². The Bertz CT molecular complexity index is 780. The zero-order chi connectivity index (χ0) is 14.1. The molecule has 0 radical (unpaired) electrons.